The summed E-state index contributed by atoms with van der Waals surface area (Å²) in [5.74, 6) is -0.605. The first kappa shape index (κ1) is 11.7. The molecule has 3 N–H and O–H groups in total. The van der Waals surface area contributed by atoms with Crippen molar-refractivity contribution < 1.29 is 9.59 Å². The van der Waals surface area contributed by atoms with Gasteiger partial charge in [0.2, 0.25) is 11.8 Å². The molecule has 0 bridgehead atoms. The van der Waals surface area contributed by atoms with Crippen molar-refractivity contribution in [3.8, 4) is 0 Å². The minimum atomic E-state index is -0.467. The van der Waals surface area contributed by atoms with Crippen LogP contribution in [0, 0.1) is 6.92 Å². The second kappa shape index (κ2) is 4.93. The highest BCUT2D eigenvalue weighted by atomic mass is 79.9. The maximum atomic E-state index is 11.1. The molecule has 0 aliphatic carbocycles. The second-order valence-electron chi connectivity index (χ2n) is 3.08. The zero-order valence-electron chi connectivity index (χ0n) is 8.21. The molecule has 2 amide bonds. The van der Waals surface area contributed by atoms with Crippen LogP contribution in [0.2, 0.25) is 0 Å². The van der Waals surface area contributed by atoms with Gasteiger partial charge in [-0.05, 0) is 30.7 Å². The summed E-state index contributed by atoms with van der Waals surface area (Å²) in [5, 5.41) is 2.90. The van der Waals surface area contributed by atoms with Crippen molar-refractivity contribution >= 4 is 33.4 Å². The number of anilines is 1. The molecule has 1 aromatic carbocycles. The summed E-state index contributed by atoms with van der Waals surface area (Å²) in [6, 6.07) is 4.95. The van der Waals surface area contributed by atoms with Crippen LogP contribution in [-0.4, -0.2) is 17.1 Å². The topological polar surface area (TPSA) is 72.2 Å². The fraction of sp³-hybridized carbons (Fsp3) is 0.200. The lowest BCUT2D eigenvalue weighted by atomic mass is 10.1. The van der Waals surface area contributed by atoms with E-state index in [9.17, 15) is 9.59 Å². The van der Waals surface area contributed by atoms with Gasteiger partial charge in [-0.25, -0.2) is 0 Å². The van der Waals surface area contributed by atoms with E-state index in [0.717, 1.165) is 5.56 Å². The normalized spacial score (nSPS) is 9.73. The largest absolute Gasteiger partial charge is 0.366 e. The van der Waals surface area contributed by atoms with E-state index in [1.807, 2.05) is 0 Å². The fourth-order valence-corrected chi connectivity index (χ4v) is 1.35. The predicted molar refractivity (Wildman–Crippen MR) is 62.1 cm³/mol. The molecule has 4 nitrogen and oxygen atoms in total. The van der Waals surface area contributed by atoms with Crippen molar-refractivity contribution in [2.75, 3.05) is 10.6 Å². The molecule has 0 atom stereocenters. The standard InChI is InChI=1S/C10H11BrN2O2/c1-6-4-7(13-9(14)5-11)2-3-8(6)10(12)15/h2-4H,5H2,1H3,(H2,12,15)(H,13,14). The number of alkyl halides is 1. The van der Waals surface area contributed by atoms with Crippen molar-refractivity contribution in [3.63, 3.8) is 0 Å². The highest BCUT2D eigenvalue weighted by Crippen LogP contribution is 2.14. The Hall–Kier alpha value is -1.36. The Morgan fingerprint density at radius 3 is 2.60 bits per heavy atom. The van der Waals surface area contributed by atoms with Crippen LogP contribution in [0.5, 0.6) is 0 Å². The van der Waals surface area contributed by atoms with Gasteiger partial charge in [0.05, 0.1) is 5.33 Å². The molecule has 0 saturated heterocycles. The van der Waals surface area contributed by atoms with Crippen molar-refractivity contribution in [3.05, 3.63) is 29.3 Å². The van der Waals surface area contributed by atoms with Crippen LogP contribution in [0.3, 0.4) is 0 Å². The molecular formula is C10H11BrN2O2. The van der Waals surface area contributed by atoms with E-state index in [1.54, 1.807) is 25.1 Å². The number of hydrogen-bond acceptors (Lipinski definition) is 2. The number of primary amides is 1. The number of rotatable bonds is 3. The lowest BCUT2D eigenvalue weighted by molar-refractivity contribution is -0.113. The first-order valence-electron chi connectivity index (χ1n) is 4.31. The Bertz CT molecular complexity index is 404. The summed E-state index contributed by atoms with van der Waals surface area (Å²) in [6.45, 7) is 1.77. The highest BCUT2D eigenvalue weighted by Gasteiger charge is 2.06. The molecule has 0 heterocycles. The number of hydrogen-bond donors (Lipinski definition) is 2. The van der Waals surface area contributed by atoms with Crippen LogP contribution < -0.4 is 11.1 Å². The molecule has 0 aliphatic heterocycles. The molecule has 80 valence electrons. The third-order valence-corrected chi connectivity index (χ3v) is 2.41. The smallest absolute Gasteiger partial charge is 0.248 e. The minimum absolute atomic E-state index is 0.138. The summed E-state index contributed by atoms with van der Waals surface area (Å²) in [4.78, 5) is 22.0. The van der Waals surface area contributed by atoms with Gasteiger partial charge in [0, 0.05) is 11.3 Å². The monoisotopic (exact) mass is 270 g/mol. The Kier molecular flexibility index (Phi) is 3.85. The van der Waals surface area contributed by atoms with Gasteiger partial charge in [-0.3, -0.25) is 9.59 Å². The van der Waals surface area contributed by atoms with Crippen molar-refractivity contribution in [2.45, 2.75) is 6.92 Å². The number of aryl methyl sites for hydroxylation is 1. The van der Waals surface area contributed by atoms with E-state index in [1.165, 1.54) is 0 Å². The molecule has 15 heavy (non-hydrogen) atoms. The first-order valence-corrected chi connectivity index (χ1v) is 5.43. The average Bonchev–Trinajstić information content (AvgIpc) is 2.17. The van der Waals surface area contributed by atoms with E-state index in [0.29, 0.717) is 11.3 Å². The number of nitrogens with two attached hydrogens (primary N) is 1. The molecule has 0 saturated carbocycles. The van der Waals surface area contributed by atoms with Gasteiger partial charge in [-0.15, -0.1) is 0 Å². The quantitative estimate of drug-likeness (QED) is 0.816. The maximum absolute atomic E-state index is 11.1. The maximum Gasteiger partial charge on any atom is 0.248 e. The fourth-order valence-electron chi connectivity index (χ4n) is 1.21. The summed E-state index contributed by atoms with van der Waals surface area (Å²) < 4.78 is 0. The molecule has 0 radical (unpaired) electrons. The second-order valence-corrected chi connectivity index (χ2v) is 3.64. The van der Waals surface area contributed by atoms with Gasteiger partial charge in [-0.1, -0.05) is 15.9 Å². The Balaban J connectivity index is 2.91. The van der Waals surface area contributed by atoms with Crippen molar-refractivity contribution in [1.82, 2.24) is 0 Å². The number of carbonyl (C=O) groups excluding carboxylic acids is 2. The minimum Gasteiger partial charge on any atom is -0.366 e. The molecule has 0 aromatic heterocycles. The number of benzene rings is 1. The van der Waals surface area contributed by atoms with Gasteiger partial charge >= 0.3 is 0 Å². The molecule has 5 heteroatoms. The molecule has 0 fully saturated rings. The molecule has 0 spiro atoms. The number of halogens is 1. The predicted octanol–water partition coefficient (Wildman–Crippen LogP) is 1.43. The zero-order valence-corrected chi connectivity index (χ0v) is 9.80. The molecule has 1 aromatic rings. The molecule has 0 aliphatic rings. The Morgan fingerprint density at radius 1 is 1.47 bits per heavy atom. The summed E-state index contributed by atoms with van der Waals surface area (Å²) in [7, 11) is 0. The van der Waals surface area contributed by atoms with E-state index >= 15 is 0 Å². The average molecular weight is 271 g/mol. The Labute approximate surface area is 96.0 Å². The van der Waals surface area contributed by atoms with Gasteiger partial charge < -0.3 is 11.1 Å². The van der Waals surface area contributed by atoms with Crippen molar-refractivity contribution in [1.29, 1.82) is 0 Å². The van der Waals surface area contributed by atoms with E-state index in [-0.39, 0.29) is 11.2 Å². The SMILES string of the molecule is Cc1cc(NC(=O)CBr)ccc1C(N)=O. The van der Waals surface area contributed by atoms with Crippen molar-refractivity contribution in [2.24, 2.45) is 5.73 Å². The summed E-state index contributed by atoms with van der Waals surface area (Å²) >= 11 is 3.04. The third kappa shape index (κ3) is 3.06. The van der Waals surface area contributed by atoms with Crippen LogP contribution in [0.1, 0.15) is 15.9 Å². The van der Waals surface area contributed by atoms with E-state index < -0.39 is 5.91 Å². The van der Waals surface area contributed by atoms with Crippen LogP contribution in [0.4, 0.5) is 5.69 Å². The van der Waals surface area contributed by atoms with Gasteiger partial charge in [0.25, 0.3) is 0 Å². The zero-order chi connectivity index (χ0) is 11.4. The van der Waals surface area contributed by atoms with Gasteiger partial charge in [-0.2, -0.15) is 0 Å². The van der Waals surface area contributed by atoms with Crippen LogP contribution in [0.25, 0.3) is 0 Å². The highest BCUT2D eigenvalue weighted by molar-refractivity contribution is 9.09. The number of nitrogens with one attached hydrogen (secondary N) is 1. The van der Waals surface area contributed by atoms with Gasteiger partial charge in [0.1, 0.15) is 0 Å². The van der Waals surface area contributed by atoms with E-state index in [4.69, 9.17) is 5.73 Å². The molecular weight excluding hydrogens is 260 g/mol. The summed E-state index contributed by atoms with van der Waals surface area (Å²) in [6.07, 6.45) is 0. The lowest BCUT2D eigenvalue weighted by Gasteiger charge is -2.06. The number of amides is 2. The Morgan fingerprint density at radius 2 is 2.13 bits per heavy atom. The van der Waals surface area contributed by atoms with Crippen LogP contribution in [0.15, 0.2) is 18.2 Å². The first-order chi connectivity index (χ1) is 7.04. The van der Waals surface area contributed by atoms with Gasteiger partial charge in [0.15, 0.2) is 0 Å². The van der Waals surface area contributed by atoms with E-state index in [2.05, 4.69) is 21.2 Å². The molecule has 0 unspecified atom stereocenters. The third-order valence-electron chi connectivity index (χ3n) is 1.90. The summed E-state index contributed by atoms with van der Waals surface area (Å²) in [5.41, 5.74) is 7.02. The van der Waals surface area contributed by atoms with Crippen LogP contribution >= 0.6 is 15.9 Å². The lowest BCUT2D eigenvalue weighted by Crippen LogP contribution is -2.15. The molecule has 1 rings (SSSR count). The number of carbonyl (C=O) groups is 2. The van der Waals surface area contributed by atoms with Crippen LogP contribution in [-0.2, 0) is 4.79 Å².